The SMILES string of the molecule is Cc1cccc(-c2n[nH]c(=S)n2CC(=O)NCc2cccnc2OCc2ccccc2)c1. The number of aromatic amines is 1. The molecule has 1 amide bonds. The van der Waals surface area contributed by atoms with E-state index in [1.165, 1.54) is 0 Å². The quantitative estimate of drug-likeness (QED) is 0.397. The molecule has 7 nitrogen and oxygen atoms in total. The lowest BCUT2D eigenvalue weighted by Crippen LogP contribution is -2.27. The van der Waals surface area contributed by atoms with Gasteiger partial charge in [0.25, 0.3) is 0 Å². The number of nitrogens with one attached hydrogen (secondary N) is 2. The highest BCUT2D eigenvalue weighted by Gasteiger charge is 2.13. The summed E-state index contributed by atoms with van der Waals surface area (Å²) in [5, 5.41) is 10.0. The van der Waals surface area contributed by atoms with Gasteiger partial charge in [-0.1, -0.05) is 60.2 Å². The second kappa shape index (κ2) is 10.0. The molecule has 0 spiro atoms. The Labute approximate surface area is 191 Å². The summed E-state index contributed by atoms with van der Waals surface area (Å²) in [7, 11) is 0. The van der Waals surface area contributed by atoms with E-state index in [4.69, 9.17) is 17.0 Å². The van der Waals surface area contributed by atoms with Crippen LogP contribution >= 0.6 is 12.2 Å². The number of nitrogens with zero attached hydrogens (tertiary/aromatic N) is 3. The van der Waals surface area contributed by atoms with Gasteiger partial charge in [0, 0.05) is 23.9 Å². The van der Waals surface area contributed by atoms with Gasteiger partial charge < -0.3 is 10.1 Å². The summed E-state index contributed by atoms with van der Waals surface area (Å²) in [6, 6.07) is 21.5. The van der Waals surface area contributed by atoms with Crippen molar-refractivity contribution in [1.82, 2.24) is 25.1 Å². The third-order valence-corrected chi connectivity index (χ3v) is 5.19. The first kappa shape index (κ1) is 21.5. The zero-order valence-electron chi connectivity index (χ0n) is 17.6. The van der Waals surface area contributed by atoms with Crippen molar-refractivity contribution >= 4 is 18.1 Å². The molecule has 2 heterocycles. The molecule has 0 saturated carbocycles. The summed E-state index contributed by atoms with van der Waals surface area (Å²) in [4.78, 5) is 17.0. The molecule has 162 valence electrons. The van der Waals surface area contributed by atoms with Gasteiger partial charge in [0.2, 0.25) is 11.8 Å². The van der Waals surface area contributed by atoms with Crippen LogP contribution in [0.3, 0.4) is 0 Å². The Bertz CT molecular complexity index is 1270. The van der Waals surface area contributed by atoms with Crippen LogP contribution in [0.5, 0.6) is 5.88 Å². The van der Waals surface area contributed by atoms with Gasteiger partial charge in [-0.15, -0.1) is 0 Å². The Hall–Kier alpha value is -3.78. The first-order chi connectivity index (χ1) is 15.6. The van der Waals surface area contributed by atoms with Crippen LogP contribution in [0.4, 0.5) is 0 Å². The molecular formula is C24H23N5O2S. The van der Waals surface area contributed by atoms with Crippen LogP contribution in [0.2, 0.25) is 0 Å². The highest BCUT2D eigenvalue weighted by Crippen LogP contribution is 2.19. The van der Waals surface area contributed by atoms with E-state index < -0.39 is 0 Å². The van der Waals surface area contributed by atoms with Crippen LogP contribution in [0, 0.1) is 11.7 Å². The van der Waals surface area contributed by atoms with E-state index in [1.54, 1.807) is 10.8 Å². The number of hydrogen-bond acceptors (Lipinski definition) is 5. The van der Waals surface area contributed by atoms with Gasteiger partial charge in [-0.2, -0.15) is 5.10 Å². The van der Waals surface area contributed by atoms with E-state index in [2.05, 4.69) is 20.5 Å². The number of amides is 1. The summed E-state index contributed by atoms with van der Waals surface area (Å²) in [6.07, 6.45) is 1.67. The van der Waals surface area contributed by atoms with Gasteiger partial charge >= 0.3 is 0 Å². The Balaban J connectivity index is 1.41. The maximum absolute atomic E-state index is 12.7. The summed E-state index contributed by atoms with van der Waals surface area (Å²) in [6.45, 7) is 2.76. The molecule has 0 unspecified atom stereocenters. The van der Waals surface area contributed by atoms with Crippen LogP contribution in [0.25, 0.3) is 11.4 Å². The van der Waals surface area contributed by atoms with Crippen LogP contribution in [-0.4, -0.2) is 25.7 Å². The van der Waals surface area contributed by atoms with Gasteiger partial charge in [-0.25, -0.2) is 4.98 Å². The smallest absolute Gasteiger partial charge is 0.240 e. The van der Waals surface area contributed by atoms with Gasteiger partial charge in [0.05, 0.1) is 0 Å². The molecule has 4 rings (SSSR count). The van der Waals surface area contributed by atoms with Crippen molar-refractivity contribution in [1.29, 1.82) is 0 Å². The average molecular weight is 446 g/mol. The molecule has 2 N–H and O–H groups in total. The number of pyridine rings is 1. The number of H-pyrrole nitrogens is 1. The van der Waals surface area contributed by atoms with Crippen molar-refractivity contribution in [2.45, 2.75) is 26.6 Å². The highest BCUT2D eigenvalue weighted by molar-refractivity contribution is 7.71. The molecule has 0 bridgehead atoms. The number of hydrogen-bond donors (Lipinski definition) is 2. The van der Waals surface area contributed by atoms with Crippen LogP contribution in [0.15, 0.2) is 72.9 Å². The summed E-state index contributed by atoms with van der Waals surface area (Å²) in [5.41, 5.74) is 3.85. The molecule has 0 saturated heterocycles. The topological polar surface area (TPSA) is 84.8 Å². The van der Waals surface area contributed by atoms with E-state index in [9.17, 15) is 4.79 Å². The Morgan fingerprint density at radius 3 is 2.78 bits per heavy atom. The third-order valence-electron chi connectivity index (χ3n) is 4.88. The van der Waals surface area contributed by atoms with Crippen LogP contribution in [0.1, 0.15) is 16.7 Å². The van der Waals surface area contributed by atoms with Crippen molar-refractivity contribution in [2.24, 2.45) is 0 Å². The van der Waals surface area contributed by atoms with Crippen molar-refractivity contribution in [3.05, 3.63) is 94.4 Å². The Kier molecular flexibility index (Phi) is 6.72. The minimum atomic E-state index is -0.186. The number of aromatic nitrogens is 4. The van der Waals surface area contributed by atoms with Crippen molar-refractivity contribution in [2.75, 3.05) is 0 Å². The summed E-state index contributed by atoms with van der Waals surface area (Å²) in [5.74, 6) is 0.938. The monoisotopic (exact) mass is 445 g/mol. The fourth-order valence-electron chi connectivity index (χ4n) is 3.28. The van der Waals surface area contributed by atoms with Gasteiger partial charge in [0.15, 0.2) is 10.6 Å². The maximum atomic E-state index is 12.7. The third kappa shape index (κ3) is 5.28. The predicted octanol–water partition coefficient (Wildman–Crippen LogP) is 4.21. The van der Waals surface area contributed by atoms with Gasteiger partial charge in [0.1, 0.15) is 13.2 Å². The number of carbonyl (C=O) groups excluding carboxylic acids is 1. The number of benzene rings is 2. The summed E-state index contributed by atoms with van der Waals surface area (Å²) < 4.78 is 7.95. The molecule has 0 aliphatic carbocycles. The number of ether oxygens (including phenoxy) is 1. The minimum absolute atomic E-state index is 0.0546. The molecule has 0 fully saturated rings. The second-order valence-electron chi connectivity index (χ2n) is 7.33. The van der Waals surface area contributed by atoms with Crippen molar-refractivity contribution < 1.29 is 9.53 Å². The lowest BCUT2D eigenvalue weighted by molar-refractivity contribution is -0.121. The fraction of sp³-hybridized carbons (Fsp3) is 0.167. The molecule has 4 aromatic rings. The van der Waals surface area contributed by atoms with Crippen LogP contribution < -0.4 is 10.1 Å². The molecule has 0 aliphatic heterocycles. The van der Waals surface area contributed by atoms with Crippen molar-refractivity contribution in [3.63, 3.8) is 0 Å². The van der Waals surface area contributed by atoms with E-state index in [-0.39, 0.29) is 12.5 Å². The van der Waals surface area contributed by atoms with Crippen molar-refractivity contribution in [3.8, 4) is 17.3 Å². The van der Waals surface area contributed by atoms with E-state index in [0.717, 1.165) is 22.3 Å². The number of carbonyl (C=O) groups is 1. The second-order valence-corrected chi connectivity index (χ2v) is 7.71. The summed E-state index contributed by atoms with van der Waals surface area (Å²) >= 11 is 5.34. The fourth-order valence-corrected chi connectivity index (χ4v) is 3.47. The van der Waals surface area contributed by atoms with Crippen LogP contribution in [-0.2, 0) is 24.5 Å². The highest BCUT2D eigenvalue weighted by atomic mass is 32.1. The first-order valence-corrected chi connectivity index (χ1v) is 10.6. The molecular weight excluding hydrogens is 422 g/mol. The normalized spacial score (nSPS) is 10.7. The largest absolute Gasteiger partial charge is 0.473 e. The zero-order chi connectivity index (χ0) is 22.3. The Morgan fingerprint density at radius 2 is 1.97 bits per heavy atom. The predicted molar refractivity (Wildman–Crippen MR) is 124 cm³/mol. The molecule has 2 aromatic carbocycles. The number of rotatable bonds is 8. The Morgan fingerprint density at radius 1 is 1.12 bits per heavy atom. The molecule has 0 aliphatic rings. The molecule has 0 radical (unpaired) electrons. The standard InChI is InChI=1S/C24H23N5O2S/c1-17-7-5-10-19(13-17)22-27-28-24(32)29(22)15-21(30)26-14-20-11-6-12-25-23(20)31-16-18-8-3-2-4-9-18/h2-13H,14-16H2,1H3,(H,26,30)(H,28,32). The van der Waals surface area contributed by atoms with E-state index in [0.29, 0.717) is 29.6 Å². The van der Waals surface area contributed by atoms with Gasteiger partial charge in [-0.05, 0) is 36.8 Å². The van der Waals surface area contributed by atoms with Gasteiger partial charge in [-0.3, -0.25) is 14.5 Å². The van der Waals surface area contributed by atoms with E-state index >= 15 is 0 Å². The lowest BCUT2D eigenvalue weighted by atomic mass is 10.1. The lowest BCUT2D eigenvalue weighted by Gasteiger charge is -2.12. The maximum Gasteiger partial charge on any atom is 0.240 e. The number of aryl methyl sites for hydroxylation is 1. The van der Waals surface area contributed by atoms with E-state index in [1.807, 2.05) is 73.7 Å². The zero-order valence-corrected chi connectivity index (χ0v) is 18.4. The first-order valence-electron chi connectivity index (χ1n) is 10.2. The molecule has 2 aromatic heterocycles. The molecule has 32 heavy (non-hydrogen) atoms. The molecule has 0 atom stereocenters. The molecule has 8 heteroatoms. The minimum Gasteiger partial charge on any atom is -0.473 e. The average Bonchev–Trinajstić information content (AvgIpc) is 3.17.